The standard InChI is InChI=1S/C24H21FN4O2/c25-18-9-6-10-19(15-18)27-23(30)16-29-21-12-5-4-11-20(21)28-22(29)13-14-26-24(31)17-7-2-1-3-8-17/h1-12,15H,13-14,16H2,(H,26,31)(H,27,30). The summed E-state index contributed by atoms with van der Waals surface area (Å²) >= 11 is 0. The number of para-hydroxylation sites is 2. The first kappa shape index (κ1) is 20.3. The minimum absolute atomic E-state index is 0.0268. The molecule has 4 rings (SSSR count). The second-order valence-corrected chi connectivity index (χ2v) is 7.03. The van der Waals surface area contributed by atoms with Gasteiger partial charge >= 0.3 is 0 Å². The van der Waals surface area contributed by atoms with Gasteiger partial charge in [0, 0.05) is 24.2 Å². The molecule has 31 heavy (non-hydrogen) atoms. The highest BCUT2D eigenvalue weighted by atomic mass is 19.1. The van der Waals surface area contributed by atoms with Gasteiger partial charge in [-0.1, -0.05) is 36.4 Å². The molecule has 0 aliphatic heterocycles. The van der Waals surface area contributed by atoms with Gasteiger partial charge in [0.2, 0.25) is 5.91 Å². The summed E-state index contributed by atoms with van der Waals surface area (Å²) < 4.78 is 15.2. The average molecular weight is 416 g/mol. The van der Waals surface area contributed by atoms with Crippen LogP contribution in [0, 0.1) is 5.82 Å². The lowest BCUT2D eigenvalue weighted by Crippen LogP contribution is -2.27. The minimum atomic E-state index is -0.416. The van der Waals surface area contributed by atoms with Crippen molar-refractivity contribution in [3.05, 3.63) is 96.1 Å². The third-order valence-electron chi connectivity index (χ3n) is 4.81. The lowest BCUT2D eigenvalue weighted by Gasteiger charge is -2.11. The largest absolute Gasteiger partial charge is 0.352 e. The SMILES string of the molecule is O=C(Cn1c(CCNC(=O)c2ccccc2)nc2ccccc21)Nc1cccc(F)c1. The number of hydrogen-bond donors (Lipinski definition) is 2. The van der Waals surface area contributed by atoms with Gasteiger partial charge in [-0.3, -0.25) is 9.59 Å². The van der Waals surface area contributed by atoms with Gasteiger partial charge in [0.05, 0.1) is 11.0 Å². The number of fused-ring (bicyclic) bond motifs is 1. The molecule has 0 saturated carbocycles. The Balaban J connectivity index is 1.47. The van der Waals surface area contributed by atoms with Crippen molar-refractivity contribution in [1.29, 1.82) is 0 Å². The predicted octanol–water partition coefficient (Wildman–Crippen LogP) is 3.79. The molecule has 7 heteroatoms. The maximum absolute atomic E-state index is 13.4. The number of rotatable bonds is 7. The molecule has 156 valence electrons. The van der Waals surface area contributed by atoms with E-state index in [0.717, 1.165) is 11.0 Å². The number of benzene rings is 3. The zero-order valence-corrected chi connectivity index (χ0v) is 16.7. The van der Waals surface area contributed by atoms with E-state index in [1.165, 1.54) is 12.1 Å². The molecule has 0 saturated heterocycles. The van der Waals surface area contributed by atoms with Gasteiger partial charge in [-0.15, -0.1) is 0 Å². The first-order chi connectivity index (χ1) is 15.1. The molecule has 0 bridgehead atoms. The molecule has 0 radical (unpaired) electrons. The number of nitrogens with one attached hydrogen (secondary N) is 2. The van der Waals surface area contributed by atoms with Crippen LogP contribution in [0.2, 0.25) is 0 Å². The Labute approximate surface area is 178 Å². The Morgan fingerprint density at radius 2 is 1.71 bits per heavy atom. The molecule has 0 atom stereocenters. The van der Waals surface area contributed by atoms with Crippen molar-refractivity contribution >= 4 is 28.5 Å². The molecule has 0 fully saturated rings. The molecule has 0 aliphatic rings. The van der Waals surface area contributed by atoms with Crippen molar-refractivity contribution in [1.82, 2.24) is 14.9 Å². The van der Waals surface area contributed by atoms with Gasteiger partial charge in [-0.25, -0.2) is 9.37 Å². The third-order valence-corrected chi connectivity index (χ3v) is 4.81. The topological polar surface area (TPSA) is 76.0 Å². The quantitative estimate of drug-likeness (QED) is 0.481. The van der Waals surface area contributed by atoms with Gasteiger partial charge in [-0.2, -0.15) is 0 Å². The Kier molecular flexibility index (Phi) is 6.03. The van der Waals surface area contributed by atoms with Gasteiger partial charge < -0.3 is 15.2 Å². The van der Waals surface area contributed by atoms with Crippen LogP contribution in [-0.4, -0.2) is 27.9 Å². The van der Waals surface area contributed by atoms with Crippen LogP contribution in [0.25, 0.3) is 11.0 Å². The second kappa shape index (κ2) is 9.21. The molecule has 2 amide bonds. The number of halogens is 1. The van der Waals surface area contributed by atoms with E-state index in [1.807, 2.05) is 47.0 Å². The van der Waals surface area contributed by atoms with E-state index in [1.54, 1.807) is 24.3 Å². The molecule has 4 aromatic rings. The summed E-state index contributed by atoms with van der Waals surface area (Å²) in [6.07, 6.45) is 0.459. The van der Waals surface area contributed by atoms with Crippen LogP contribution >= 0.6 is 0 Å². The van der Waals surface area contributed by atoms with E-state index in [0.29, 0.717) is 30.0 Å². The number of anilines is 1. The summed E-state index contributed by atoms with van der Waals surface area (Å²) in [4.78, 5) is 29.5. The number of nitrogens with zero attached hydrogens (tertiary/aromatic N) is 2. The molecule has 2 N–H and O–H groups in total. The van der Waals surface area contributed by atoms with Crippen molar-refractivity contribution in [2.75, 3.05) is 11.9 Å². The van der Waals surface area contributed by atoms with Crippen LogP contribution in [0.5, 0.6) is 0 Å². The van der Waals surface area contributed by atoms with Gasteiger partial charge in [0.15, 0.2) is 0 Å². The number of hydrogen-bond acceptors (Lipinski definition) is 3. The van der Waals surface area contributed by atoms with E-state index >= 15 is 0 Å². The Morgan fingerprint density at radius 1 is 0.935 bits per heavy atom. The smallest absolute Gasteiger partial charge is 0.251 e. The highest BCUT2D eigenvalue weighted by Gasteiger charge is 2.14. The van der Waals surface area contributed by atoms with E-state index in [-0.39, 0.29) is 18.4 Å². The van der Waals surface area contributed by atoms with E-state index in [2.05, 4.69) is 15.6 Å². The van der Waals surface area contributed by atoms with E-state index in [4.69, 9.17) is 0 Å². The van der Waals surface area contributed by atoms with Gasteiger partial charge in [0.25, 0.3) is 5.91 Å². The summed E-state index contributed by atoms with van der Waals surface area (Å²) in [6.45, 7) is 0.404. The zero-order valence-electron chi connectivity index (χ0n) is 16.7. The average Bonchev–Trinajstić information content (AvgIpc) is 3.11. The zero-order chi connectivity index (χ0) is 21.6. The van der Waals surface area contributed by atoms with Crippen molar-refractivity contribution in [3.8, 4) is 0 Å². The lowest BCUT2D eigenvalue weighted by molar-refractivity contribution is -0.116. The van der Waals surface area contributed by atoms with Gasteiger partial charge in [-0.05, 0) is 42.5 Å². The van der Waals surface area contributed by atoms with Crippen LogP contribution in [-0.2, 0) is 17.8 Å². The van der Waals surface area contributed by atoms with Crippen LogP contribution < -0.4 is 10.6 Å². The third kappa shape index (κ3) is 4.95. The van der Waals surface area contributed by atoms with Crippen molar-refractivity contribution < 1.29 is 14.0 Å². The summed E-state index contributed by atoms with van der Waals surface area (Å²) in [5.41, 5.74) is 2.57. The van der Waals surface area contributed by atoms with E-state index < -0.39 is 5.82 Å². The van der Waals surface area contributed by atoms with Crippen molar-refractivity contribution in [3.63, 3.8) is 0 Å². The summed E-state index contributed by atoms with van der Waals surface area (Å²) in [6, 6.07) is 22.3. The maximum Gasteiger partial charge on any atom is 0.251 e. The Morgan fingerprint density at radius 3 is 2.52 bits per heavy atom. The molecular weight excluding hydrogens is 395 g/mol. The number of carbonyl (C=O) groups excluding carboxylic acids is 2. The first-order valence-corrected chi connectivity index (χ1v) is 9.93. The fraction of sp³-hybridized carbons (Fsp3) is 0.125. The number of imidazole rings is 1. The summed E-state index contributed by atoms with van der Waals surface area (Å²) in [7, 11) is 0. The van der Waals surface area contributed by atoms with Crippen LogP contribution in [0.1, 0.15) is 16.2 Å². The number of amides is 2. The molecule has 1 heterocycles. The van der Waals surface area contributed by atoms with Crippen molar-refractivity contribution in [2.24, 2.45) is 0 Å². The van der Waals surface area contributed by atoms with E-state index in [9.17, 15) is 14.0 Å². The Hall–Kier alpha value is -4.00. The first-order valence-electron chi connectivity index (χ1n) is 9.93. The normalized spacial score (nSPS) is 10.7. The predicted molar refractivity (Wildman–Crippen MR) is 117 cm³/mol. The van der Waals surface area contributed by atoms with Crippen LogP contribution in [0.15, 0.2) is 78.9 Å². The fourth-order valence-electron chi connectivity index (χ4n) is 3.38. The molecule has 3 aromatic carbocycles. The highest BCUT2D eigenvalue weighted by Crippen LogP contribution is 2.17. The van der Waals surface area contributed by atoms with Crippen LogP contribution in [0.4, 0.5) is 10.1 Å². The molecule has 0 spiro atoms. The van der Waals surface area contributed by atoms with Crippen molar-refractivity contribution in [2.45, 2.75) is 13.0 Å². The summed E-state index contributed by atoms with van der Waals surface area (Å²) in [5, 5.41) is 5.60. The summed E-state index contributed by atoms with van der Waals surface area (Å²) in [5.74, 6) is -0.180. The molecule has 0 unspecified atom stereocenters. The molecular formula is C24H21FN4O2. The Bertz CT molecular complexity index is 1220. The maximum atomic E-state index is 13.4. The molecule has 6 nitrogen and oxygen atoms in total. The number of aromatic nitrogens is 2. The monoisotopic (exact) mass is 416 g/mol. The molecule has 1 aromatic heterocycles. The second-order valence-electron chi connectivity index (χ2n) is 7.03. The minimum Gasteiger partial charge on any atom is -0.352 e. The number of carbonyl (C=O) groups is 2. The lowest BCUT2D eigenvalue weighted by atomic mass is 10.2. The van der Waals surface area contributed by atoms with Gasteiger partial charge in [0.1, 0.15) is 18.2 Å². The van der Waals surface area contributed by atoms with Crippen LogP contribution in [0.3, 0.4) is 0 Å². The fourth-order valence-corrected chi connectivity index (χ4v) is 3.38. The highest BCUT2D eigenvalue weighted by molar-refractivity contribution is 5.94. The molecule has 0 aliphatic carbocycles.